The zero-order chi connectivity index (χ0) is 18.8. The third-order valence-corrected chi connectivity index (χ3v) is 6.41. The van der Waals surface area contributed by atoms with E-state index in [-0.39, 0.29) is 11.4 Å². The highest BCUT2D eigenvalue weighted by Gasteiger charge is 2.16. The first-order chi connectivity index (χ1) is 13.2. The molecule has 0 saturated heterocycles. The molecule has 0 amide bonds. The summed E-state index contributed by atoms with van der Waals surface area (Å²) in [5, 5.41) is 1.23. The molecule has 0 radical (unpaired) electrons. The molecule has 0 aliphatic heterocycles. The lowest BCUT2D eigenvalue weighted by atomic mass is 10.2. The number of aromatic nitrogens is 2. The van der Waals surface area contributed by atoms with Gasteiger partial charge in [0, 0.05) is 10.6 Å². The van der Waals surface area contributed by atoms with Gasteiger partial charge >= 0.3 is 0 Å². The minimum Gasteiger partial charge on any atom is -0.268 e. The molecule has 0 N–H and O–H groups in total. The first-order valence-electron chi connectivity index (χ1n) is 8.64. The number of hydrogen-bond acceptors (Lipinski definition) is 4. The van der Waals surface area contributed by atoms with Crippen LogP contribution in [0.4, 0.5) is 4.39 Å². The molecule has 0 aliphatic rings. The van der Waals surface area contributed by atoms with E-state index in [1.165, 1.54) is 23.9 Å². The number of hydrogen-bond donors (Lipinski definition) is 0. The van der Waals surface area contributed by atoms with E-state index < -0.39 is 0 Å². The first-order valence-corrected chi connectivity index (χ1v) is 10.4. The summed E-state index contributed by atoms with van der Waals surface area (Å²) >= 11 is 3.07. The standard InChI is InChI=1S/C21H17FN2OS2/c1-2-17-12-18-19(27-17)23-21(26-13-14-6-4-3-5-7-14)24(20(18)25)16-10-8-15(22)9-11-16/h3-12H,2,13H2,1H3. The fraction of sp³-hybridized carbons (Fsp3) is 0.143. The normalized spacial score (nSPS) is 11.2. The van der Waals surface area contributed by atoms with Gasteiger partial charge in [-0.25, -0.2) is 9.37 Å². The van der Waals surface area contributed by atoms with E-state index in [9.17, 15) is 9.18 Å². The van der Waals surface area contributed by atoms with Gasteiger partial charge in [-0.2, -0.15) is 0 Å². The van der Waals surface area contributed by atoms with Crippen molar-refractivity contribution in [3.8, 4) is 5.69 Å². The monoisotopic (exact) mass is 396 g/mol. The van der Waals surface area contributed by atoms with Gasteiger partial charge in [0.15, 0.2) is 5.16 Å². The summed E-state index contributed by atoms with van der Waals surface area (Å²) in [6.07, 6.45) is 0.865. The molecule has 3 nitrogen and oxygen atoms in total. The lowest BCUT2D eigenvalue weighted by Crippen LogP contribution is -2.21. The van der Waals surface area contributed by atoms with Crippen LogP contribution in [0, 0.1) is 5.82 Å². The Bertz CT molecular complexity index is 1130. The maximum atomic E-state index is 13.4. The van der Waals surface area contributed by atoms with Crippen LogP contribution in [0.2, 0.25) is 0 Å². The van der Waals surface area contributed by atoms with Gasteiger partial charge < -0.3 is 0 Å². The second kappa shape index (κ2) is 7.66. The number of fused-ring (bicyclic) bond motifs is 1. The molecule has 0 unspecified atom stereocenters. The van der Waals surface area contributed by atoms with E-state index >= 15 is 0 Å². The largest absolute Gasteiger partial charge is 0.268 e. The van der Waals surface area contributed by atoms with Crippen LogP contribution in [0.1, 0.15) is 17.4 Å². The molecule has 0 fully saturated rings. The average molecular weight is 397 g/mol. The molecule has 4 aromatic rings. The van der Waals surface area contributed by atoms with Crippen LogP contribution in [-0.4, -0.2) is 9.55 Å². The van der Waals surface area contributed by atoms with E-state index in [4.69, 9.17) is 4.98 Å². The zero-order valence-corrected chi connectivity index (χ0v) is 16.3. The highest BCUT2D eigenvalue weighted by atomic mass is 32.2. The van der Waals surface area contributed by atoms with Crippen LogP contribution in [0.3, 0.4) is 0 Å². The van der Waals surface area contributed by atoms with Gasteiger partial charge in [-0.05, 0) is 42.3 Å². The molecule has 0 spiro atoms. The highest BCUT2D eigenvalue weighted by molar-refractivity contribution is 7.98. The maximum absolute atomic E-state index is 13.4. The number of halogens is 1. The summed E-state index contributed by atoms with van der Waals surface area (Å²) in [5.74, 6) is 0.370. The second-order valence-electron chi connectivity index (χ2n) is 6.07. The molecule has 0 aliphatic carbocycles. The van der Waals surface area contributed by atoms with Crippen molar-refractivity contribution < 1.29 is 4.39 Å². The molecular weight excluding hydrogens is 379 g/mol. The van der Waals surface area contributed by atoms with Gasteiger partial charge in [0.1, 0.15) is 10.6 Å². The summed E-state index contributed by atoms with van der Waals surface area (Å²) < 4.78 is 15.0. The minimum absolute atomic E-state index is 0.113. The van der Waals surface area contributed by atoms with Crippen LogP contribution in [0.25, 0.3) is 15.9 Å². The fourth-order valence-corrected chi connectivity index (χ4v) is 4.80. The third kappa shape index (κ3) is 3.68. The Morgan fingerprint density at radius 2 is 1.85 bits per heavy atom. The molecule has 4 rings (SSSR count). The van der Waals surface area contributed by atoms with Crippen molar-refractivity contribution in [1.82, 2.24) is 9.55 Å². The Morgan fingerprint density at radius 3 is 2.56 bits per heavy atom. The SMILES string of the molecule is CCc1cc2c(=O)n(-c3ccc(F)cc3)c(SCc3ccccc3)nc2s1. The molecule has 0 saturated carbocycles. The van der Waals surface area contributed by atoms with Crippen LogP contribution in [0.15, 0.2) is 70.6 Å². The number of aryl methyl sites for hydroxylation is 1. The molecule has 136 valence electrons. The number of benzene rings is 2. The van der Waals surface area contributed by atoms with Gasteiger partial charge in [-0.3, -0.25) is 9.36 Å². The van der Waals surface area contributed by atoms with Crippen LogP contribution in [0.5, 0.6) is 0 Å². The number of rotatable bonds is 5. The van der Waals surface area contributed by atoms with Gasteiger partial charge in [0.05, 0.1) is 11.1 Å². The summed E-state index contributed by atoms with van der Waals surface area (Å²) in [6, 6.07) is 17.9. The number of thiophene rings is 1. The fourth-order valence-electron chi connectivity index (χ4n) is 2.82. The van der Waals surface area contributed by atoms with E-state index in [0.29, 0.717) is 22.0 Å². The predicted molar refractivity (Wildman–Crippen MR) is 111 cm³/mol. The summed E-state index contributed by atoms with van der Waals surface area (Å²) in [5.41, 5.74) is 1.66. The second-order valence-corrected chi connectivity index (χ2v) is 8.13. The highest BCUT2D eigenvalue weighted by Crippen LogP contribution is 2.28. The van der Waals surface area contributed by atoms with Crippen LogP contribution < -0.4 is 5.56 Å². The van der Waals surface area contributed by atoms with Gasteiger partial charge in [-0.15, -0.1) is 11.3 Å². The smallest absolute Gasteiger partial charge is 0.267 e. The van der Waals surface area contributed by atoms with Crippen molar-refractivity contribution in [1.29, 1.82) is 0 Å². The predicted octanol–water partition coefficient (Wildman–Crippen LogP) is 5.44. The maximum Gasteiger partial charge on any atom is 0.267 e. The van der Waals surface area contributed by atoms with E-state index in [2.05, 4.69) is 6.92 Å². The minimum atomic E-state index is -0.330. The Kier molecular flexibility index (Phi) is 5.09. The van der Waals surface area contributed by atoms with Crippen LogP contribution in [-0.2, 0) is 12.2 Å². The first kappa shape index (κ1) is 17.9. The Balaban J connectivity index is 1.85. The Labute approximate surface area is 164 Å². The average Bonchev–Trinajstić information content (AvgIpc) is 3.12. The third-order valence-electron chi connectivity index (χ3n) is 4.23. The Hall–Kier alpha value is -2.44. The van der Waals surface area contributed by atoms with Crippen molar-refractivity contribution in [2.45, 2.75) is 24.3 Å². The molecule has 6 heteroatoms. The van der Waals surface area contributed by atoms with Crippen molar-refractivity contribution in [3.63, 3.8) is 0 Å². The quantitative estimate of drug-likeness (QED) is 0.333. The van der Waals surface area contributed by atoms with E-state index in [1.54, 1.807) is 28.0 Å². The molecule has 0 atom stereocenters. The summed E-state index contributed by atoms with van der Waals surface area (Å²) in [6.45, 7) is 2.06. The Morgan fingerprint density at radius 1 is 1.11 bits per heavy atom. The number of thioether (sulfide) groups is 1. The zero-order valence-electron chi connectivity index (χ0n) is 14.7. The van der Waals surface area contributed by atoms with E-state index in [0.717, 1.165) is 21.7 Å². The van der Waals surface area contributed by atoms with Gasteiger partial charge in [0.2, 0.25) is 0 Å². The van der Waals surface area contributed by atoms with Gasteiger partial charge in [-0.1, -0.05) is 49.0 Å². The summed E-state index contributed by atoms with van der Waals surface area (Å²) in [7, 11) is 0. The van der Waals surface area contributed by atoms with Crippen LogP contribution >= 0.6 is 23.1 Å². The molecular formula is C21H17FN2OS2. The molecule has 27 heavy (non-hydrogen) atoms. The lowest BCUT2D eigenvalue weighted by molar-refractivity contribution is 0.627. The van der Waals surface area contributed by atoms with Gasteiger partial charge in [0.25, 0.3) is 5.56 Å². The topological polar surface area (TPSA) is 34.9 Å². The summed E-state index contributed by atoms with van der Waals surface area (Å²) in [4.78, 5) is 19.9. The molecule has 2 aromatic heterocycles. The van der Waals surface area contributed by atoms with Crippen molar-refractivity contribution in [3.05, 3.63) is 87.3 Å². The van der Waals surface area contributed by atoms with Crippen molar-refractivity contribution in [2.75, 3.05) is 0 Å². The van der Waals surface area contributed by atoms with E-state index in [1.807, 2.05) is 36.4 Å². The molecule has 2 heterocycles. The van der Waals surface area contributed by atoms with Crippen molar-refractivity contribution >= 4 is 33.3 Å². The van der Waals surface area contributed by atoms with Crippen molar-refractivity contribution in [2.24, 2.45) is 0 Å². The lowest BCUT2D eigenvalue weighted by Gasteiger charge is -2.12. The molecule has 0 bridgehead atoms. The molecule has 2 aromatic carbocycles. The number of nitrogens with zero attached hydrogens (tertiary/aromatic N) is 2.